The van der Waals surface area contributed by atoms with Gasteiger partial charge in [-0.15, -0.1) is 11.3 Å². The molecule has 2 atom stereocenters. The fourth-order valence-electron chi connectivity index (χ4n) is 4.70. The lowest BCUT2D eigenvalue weighted by Crippen LogP contribution is -2.38. The molecule has 1 aliphatic heterocycles. The van der Waals surface area contributed by atoms with Crippen molar-refractivity contribution in [1.29, 1.82) is 0 Å². The summed E-state index contributed by atoms with van der Waals surface area (Å²) in [5.74, 6) is 0.475. The quantitative estimate of drug-likeness (QED) is 0.282. The molecule has 220 valence electrons. The van der Waals surface area contributed by atoms with E-state index in [1.807, 2.05) is 13.8 Å². The molecule has 0 bridgehead atoms. The zero-order chi connectivity index (χ0) is 28.8. The minimum atomic E-state index is -3.44. The SMILES string of the molecule is CCOC[C@@H]1CCN(C[C@@H](NC(=O)c2ncc(-c3cncc(OCC)n3)s2)c2cc(NS(=O)(=O)C3CC3)ccn2)C1. The lowest BCUT2D eigenvalue weighted by molar-refractivity contribution is 0.0920. The lowest BCUT2D eigenvalue weighted by atomic mass is 10.1. The number of sulfonamides is 1. The van der Waals surface area contributed by atoms with E-state index >= 15 is 0 Å². The van der Waals surface area contributed by atoms with E-state index in [1.165, 1.54) is 17.5 Å². The molecule has 2 N–H and O–H groups in total. The summed E-state index contributed by atoms with van der Waals surface area (Å²) >= 11 is 1.21. The molecule has 5 rings (SSSR count). The van der Waals surface area contributed by atoms with Gasteiger partial charge in [0.05, 0.1) is 53.2 Å². The first-order valence-electron chi connectivity index (χ1n) is 13.8. The molecule has 1 saturated heterocycles. The second kappa shape index (κ2) is 13.2. The van der Waals surface area contributed by atoms with Crippen LogP contribution >= 0.6 is 11.3 Å². The van der Waals surface area contributed by atoms with Crippen molar-refractivity contribution in [3.63, 3.8) is 0 Å². The molecule has 14 heteroatoms. The number of likely N-dealkylation sites (tertiary alicyclic amines) is 1. The van der Waals surface area contributed by atoms with Crippen LogP contribution in [0.4, 0.5) is 5.69 Å². The predicted octanol–water partition coefficient (Wildman–Crippen LogP) is 3.13. The maximum atomic E-state index is 13.4. The number of carbonyl (C=O) groups is 1. The van der Waals surface area contributed by atoms with Gasteiger partial charge in [-0.3, -0.25) is 19.5 Å². The van der Waals surface area contributed by atoms with Crippen LogP contribution in [0, 0.1) is 5.92 Å². The standard InChI is InChI=1S/C27H35N7O5S2/c1-3-38-17-18-8-10-34(15-18)16-23(21-11-19(7-9-29-21)33-41(36,37)20-5-6-20)32-26(35)27-30-13-24(40-27)22-12-28-14-25(31-22)39-4-2/h7,9,11-14,18,20,23H,3-6,8,10,15-17H2,1-2H3,(H,29,33)(H,32,35)/t18-,23-/m1/s1. The van der Waals surface area contributed by atoms with Gasteiger partial charge in [0.1, 0.15) is 5.69 Å². The van der Waals surface area contributed by atoms with Crippen molar-refractivity contribution >= 4 is 33.0 Å². The summed E-state index contributed by atoms with van der Waals surface area (Å²) < 4.78 is 38.8. The van der Waals surface area contributed by atoms with Crippen LogP contribution in [0.2, 0.25) is 0 Å². The second-order valence-corrected chi connectivity index (χ2v) is 13.1. The monoisotopic (exact) mass is 601 g/mol. The number of rotatable bonds is 14. The summed E-state index contributed by atoms with van der Waals surface area (Å²) in [7, 11) is -3.44. The van der Waals surface area contributed by atoms with Crippen molar-refractivity contribution in [2.45, 2.75) is 44.4 Å². The van der Waals surface area contributed by atoms with E-state index in [0.717, 1.165) is 19.5 Å². The van der Waals surface area contributed by atoms with Gasteiger partial charge in [0.15, 0.2) is 5.01 Å². The zero-order valence-electron chi connectivity index (χ0n) is 23.2. The van der Waals surface area contributed by atoms with E-state index in [-0.39, 0.29) is 16.2 Å². The molecule has 1 amide bonds. The van der Waals surface area contributed by atoms with Crippen molar-refractivity contribution < 1.29 is 22.7 Å². The van der Waals surface area contributed by atoms with Crippen LogP contribution in [0.1, 0.15) is 54.6 Å². The van der Waals surface area contributed by atoms with E-state index in [1.54, 1.807) is 30.7 Å². The third-order valence-electron chi connectivity index (χ3n) is 6.89. The van der Waals surface area contributed by atoms with Gasteiger partial charge in [-0.05, 0) is 57.7 Å². The third kappa shape index (κ3) is 7.76. The molecule has 2 aliphatic rings. The first kappa shape index (κ1) is 29.3. The smallest absolute Gasteiger partial charge is 0.280 e. The fourth-order valence-corrected chi connectivity index (χ4v) is 6.85. The second-order valence-electron chi connectivity index (χ2n) is 10.1. The molecule has 0 aromatic carbocycles. The number of aromatic nitrogens is 4. The van der Waals surface area contributed by atoms with Gasteiger partial charge in [0, 0.05) is 32.1 Å². The number of amides is 1. The van der Waals surface area contributed by atoms with Crippen molar-refractivity contribution in [3.8, 4) is 16.5 Å². The summed E-state index contributed by atoms with van der Waals surface area (Å²) in [6, 6.07) is 2.83. The average molecular weight is 602 g/mol. The summed E-state index contributed by atoms with van der Waals surface area (Å²) in [5.41, 5.74) is 1.56. The number of thiazole rings is 1. The minimum absolute atomic E-state index is 0.273. The number of pyridine rings is 1. The Labute approximate surface area is 244 Å². The van der Waals surface area contributed by atoms with Crippen LogP contribution in [-0.2, 0) is 14.8 Å². The molecule has 1 saturated carbocycles. The highest BCUT2D eigenvalue weighted by atomic mass is 32.2. The average Bonchev–Trinajstić information content (AvgIpc) is 3.55. The Morgan fingerprint density at radius 1 is 1.17 bits per heavy atom. The molecule has 0 unspecified atom stereocenters. The van der Waals surface area contributed by atoms with E-state index in [9.17, 15) is 13.2 Å². The summed E-state index contributed by atoms with van der Waals surface area (Å²) in [6.45, 7) is 7.94. The van der Waals surface area contributed by atoms with Gasteiger partial charge in [-0.25, -0.2) is 18.4 Å². The minimum Gasteiger partial charge on any atom is -0.477 e. The van der Waals surface area contributed by atoms with Gasteiger partial charge >= 0.3 is 0 Å². The predicted molar refractivity (Wildman–Crippen MR) is 155 cm³/mol. The molecule has 41 heavy (non-hydrogen) atoms. The Bertz CT molecular complexity index is 1450. The van der Waals surface area contributed by atoms with Crippen molar-refractivity contribution in [2.75, 3.05) is 44.2 Å². The topological polar surface area (TPSA) is 149 Å². The molecular formula is C27H35N7O5S2. The highest BCUT2D eigenvalue weighted by molar-refractivity contribution is 7.93. The Hall–Kier alpha value is -3.20. The molecule has 3 aromatic rings. The number of hydrogen-bond acceptors (Lipinski definition) is 11. The Balaban J connectivity index is 1.34. The Kier molecular flexibility index (Phi) is 9.42. The number of nitrogens with one attached hydrogen (secondary N) is 2. The molecule has 3 aromatic heterocycles. The third-order valence-corrected chi connectivity index (χ3v) is 9.78. The van der Waals surface area contributed by atoms with Crippen LogP contribution in [0.15, 0.2) is 36.9 Å². The molecule has 0 radical (unpaired) electrons. The normalized spacial score (nSPS) is 18.2. The summed E-state index contributed by atoms with van der Waals surface area (Å²) in [5, 5.41) is 3.02. The number of anilines is 1. The highest BCUT2D eigenvalue weighted by Crippen LogP contribution is 2.31. The maximum absolute atomic E-state index is 13.4. The fraction of sp³-hybridized carbons (Fsp3) is 0.519. The zero-order valence-corrected chi connectivity index (χ0v) is 24.8. The van der Waals surface area contributed by atoms with Crippen LogP contribution in [0.5, 0.6) is 5.88 Å². The number of ether oxygens (including phenoxy) is 2. The first-order valence-corrected chi connectivity index (χ1v) is 16.2. The summed E-state index contributed by atoms with van der Waals surface area (Å²) in [6.07, 6.45) is 8.64. The molecule has 1 aliphatic carbocycles. The van der Waals surface area contributed by atoms with E-state index in [4.69, 9.17) is 9.47 Å². The van der Waals surface area contributed by atoms with Gasteiger partial charge in [0.2, 0.25) is 15.9 Å². The van der Waals surface area contributed by atoms with Crippen LogP contribution in [-0.4, -0.2) is 83.9 Å². The van der Waals surface area contributed by atoms with E-state index in [2.05, 4.69) is 34.9 Å². The van der Waals surface area contributed by atoms with Crippen LogP contribution in [0.3, 0.4) is 0 Å². The van der Waals surface area contributed by atoms with Crippen LogP contribution < -0.4 is 14.8 Å². The lowest BCUT2D eigenvalue weighted by Gasteiger charge is -2.24. The molecular weight excluding hydrogens is 566 g/mol. The summed E-state index contributed by atoms with van der Waals surface area (Å²) in [4.78, 5) is 33.9. The van der Waals surface area contributed by atoms with Crippen molar-refractivity contribution in [1.82, 2.24) is 30.2 Å². The van der Waals surface area contributed by atoms with Crippen molar-refractivity contribution in [3.05, 3.63) is 47.6 Å². The molecule has 2 fully saturated rings. The van der Waals surface area contributed by atoms with E-state index in [0.29, 0.717) is 73.0 Å². The van der Waals surface area contributed by atoms with Crippen molar-refractivity contribution in [2.24, 2.45) is 5.92 Å². The highest BCUT2D eigenvalue weighted by Gasteiger charge is 2.36. The van der Waals surface area contributed by atoms with Gasteiger partial charge < -0.3 is 19.7 Å². The van der Waals surface area contributed by atoms with E-state index < -0.39 is 16.1 Å². The molecule has 4 heterocycles. The van der Waals surface area contributed by atoms with Crippen LogP contribution in [0.25, 0.3) is 10.6 Å². The largest absolute Gasteiger partial charge is 0.477 e. The number of nitrogens with zero attached hydrogens (tertiary/aromatic N) is 5. The number of hydrogen-bond donors (Lipinski definition) is 2. The van der Waals surface area contributed by atoms with Gasteiger partial charge in [-0.2, -0.15) is 0 Å². The Morgan fingerprint density at radius 3 is 2.80 bits per heavy atom. The van der Waals surface area contributed by atoms with Gasteiger partial charge in [-0.1, -0.05) is 0 Å². The first-order chi connectivity index (χ1) is 19.8. The van der Waals surface area contributed by atoms with Gasteiger partial charge in [0.25, 0.3) is 5.91 Å². The maximum Gasteiger partial charge on any atom is 0.280 e. The molecule has 12 nitrogen and oxygen atoms in total. The molecule has 0 spiro atoms. The number of carbonyl (C=O) groups excluding carboxylic acids is 1. The Morgan fingerprint density at radius 2 is 2.02 bits per heavy atom.